The Labute approximate surface area is 265 Å². The number of nitrogen functional groups attached to an aromatic ring is 1. The lowest BCUT2D eigenvalue weighted by Crippen LogP contribution is -2.39. The number of amides is 1. The van der Waals surface area contributed by atoms with E-state index in [9.17, 15) is 19.2 Å². The molecule has 0 spiro atoms. The zero-order valence-corrected chi connectivity index (χ0v) is 26.5. The molecule has 15 heteroatoms. The lowest BCUT2D eigenvalue weighted by Gasteiger charge is -2.16. The number of aryl methyl sites for hydroxylation is 3. The van der Waals surface area contributed by atoms with Crippen molar-refractivity contribution in [2.75, 3.05) is 26.1 Å². The highest BCUT2D eigenvalue weighted by Crippen LogP contribution is 2.19. The largest absolute Gasteiger partial charge is 0.461 e. The standard InChI is InChI=1S/C31H41N9O6/c1-20(41)25(7-5-4-6-23-18-33-38-39(23)2)34-26(43)15-14-24(42)13-12-21-8-10-22(11-9-21)19-40-29-27(35-31(40)44)28(32)36-30(37-29)46-17-16-45-3/h8-11,18,25H,4-7,12-17,19H2,1-3H3,(H,34,43)(H,35,44)(H2,32,36,37). The van der Waals surface area contributed by atoms with E-state index in [0.717, 1.165) is 36.1 Å². The number of Topliss-reactive ketones (excluding diaryl/α,β-unsaturated/α-hetero) is 2. The lowest BCUT2D eigenvalue weighted by molar-refractivity contribution is -0.128. The lowest BCUT2D eigenvalue weighted by atomic mass is 10.0. The highest BCUT2D eigenvalue weighted by molar-refractivity contribution is 5.89. The van der Waals surface area contributed by atoms with Crippen LogP contribution in [0.4, 0.5) is 5.82 Å². The summed E-state index contributed by atoms with van der Waals surface area (Å²) < 4.78 is 13.6. The summed E-state index contributed by atoms with van der Waals surface area (Å²) in [6, 6.07) is 7.06. The summed E-state index contributed by atoms with van der Waals surface area (Å²) in [5.74, 6) is -0.333. The number of hydrogen-bond acceptors (Lipinski definition) is 11. The number of aromatic nitrogens is 7. The van der Waals surface area contributed by atoms with Gasteiger partial charge in [-0.2, -0.15) is 9.97 Å². The van der Waals surface area contributed by atoms with Crippen LogP contribution in [0, 0.1) is 0 Å². The molecule has 46 heavy (non-hydrogen) atoms. The minimum absolute atomic E-state index is 0.0328. The van der Waals surface area contributed by atoms with Gasteiger partial charge in [0.05, 0.1) is 31.1 Å². The number of aromatic amines is 1. The predicted molar refractivity (Wildman–Crippen MR) is 169 cm³/mol. The smallest absolute Gasteiger partial charge is 0.328 e. The molecule has 0 aliphatic carbocycles. The van der Waals surface area contributed by atoms with E-state index in [1.807, 2.05) is 31.3 Å². The summed E-state index contributed by atoms with van der Waals surface area (Å²) in [6.45, 7) is 2.29. The Morgan fingerprint density at radius 3 is 2.48 bits per heavy atom. The maximum absolute atomic E-state index is 12.7. The van der Waals surface area contributed by atoms with Crippen molar-refractivity contribution < 1.29 is 23.9 Å². The highest BCUT2D eigenvalue weighted by atomic mass is 16.5. The minimum Gasteiger partial charge on any atom is -0.461 e. The summed E-state index contributed by atoms with van der Waals surface area (Å²) in [6.07, 6.45) is 5.60. The van der Waals surface area contributed by atoms with Crippen LogP contribution < -0.4 is 21.5 Å². The second-order valence-electron chi connectivity index (χ2n) is 11.1. The van der Waals surface area contributed by atoms with E-state index in [2.05, 4.69) is 30.6 Å². The van der Waals surface area contributed by atoms with Crippen molar-refractivity contribution in [1.29, 1.82) is 0 Å². The Bertz CT molecular complexity index is 1690. The number of methoxy groups -OCH3 is 1. The van der Waals surface area contributed by atoms with Crippen molar-refractivity contribution >= 4 is 34.5 Å². The van der Waals surface area contributed by atoms with Gasteiger partial charge in [0.25, 0.3) is 0 Å². The van der Waals surface area contributed by atoms with Gasteiger partial charge in [-0.1, -0.05) is 35.9 Å². The van der Waals surface area contributed by atoms with Crippen molar-refractivity contribution in [3.63, 3.8) is 0 Å². The molecule has 3 aromatic heterocycles. The molecule has 1 atom stereocenters. The molecule has 1 amide bonds. The molecule has 15 nitrogen and oxygen atoms in total. The summed E-state index contributed by atoms with van der Waals surface area (Å²) in [5.41, 5.74) is 9.11. The average Bonchev–Trinajstić information content (AvgIpc) is 3.59. The Hall–Kier alpha value is -4.92. The van der Waals surface area contributed by atoms with Gasteiger partial charge in [0, 0.05) is 33.4 Å². The maximum Gasteiger partial charge on any atom is 0.328 e. The van der Waals surface area contributed by atoms with Crippen LogP contribution in [0.15, 0.2) is 35.3 Å². The third-order valence-corrected chi connectivity index (χ3v) is 7.65. The van der Waals surface area contributed by atoms with E-state index < -0.39 is 6.04 Å². The van der Waals surface area contributed by atoms with Crippen molar-refractivity contribution in [3.05, 3.63) is 57.8 Å². The van der Waals surface area contributed by atoms with Gasteiger partial charge in [0.15, 0.2) is 17.2 Å². The second kappa shape index (κ2) is 16.4. The van der Waals surface area contributed by atoms with Gasteiger partial charge in [0.2, 0.25) is 5.91 Å². The molecule has 1 unspecified atom stereocenters. The number of carbonyl (C=O) groups is 3. The predicted octanol–water partition coefficient (Wildman–Crippen LogP) is 1.67. The molecule has 4 rings (SSSR count). The van der Waals surface area contributed by atoms with E-state index >= 15 is 0 Å². The Morgan fingerprint density at radius 1 is 1.02 bits per heavy atom. The number of nitrogens with one attached hydrogen (secondary N) is 2. The number of imidazole rings is 1. The van der Waals surface area contributed by atoms with E-state index in [-0.39, 0.29) is 67.4 Å². The Balaban J connectivity index is 1.21. The van der Waals surface area contributed by atoms with Crippen molar-refractivity contribution in [3.8, 4) is 6.01 Å². The topological polar surface area (TPSA) is 202 Å². The fourth-order valence-corrected chi connectivity index (χ4v) is 4.95. The highest BCUT2D eigenvalue weighted by Gasteiger charge is 2.18. The van der Waals surface area contributed by atoms with Gasteiger partial charge in [-0.15, -0.1) is 5.10 Å². The molecule has 4 N–H and O–H groups in total. The summed E-state index contributed by atoms with van der Waals surface area (Å²) in [5, 5.41) is 10.5. The molecular formula is C31H41N9O6. The molecule has 1 aromatic carbocycles. The van der Waals surface area contributed by atoms with Crippen molar-refractivity contribution in [2.45, 2.75) is 70.9 Å². The number of benzene rings is 1. The van der Waals surface area contributed by atoms with Gasteiger partial charge in [-0.05, 0) is 43.7 Å². The number of ether oxygens (including phenoxy) is 2. The third kappa shape index (κ3) is 9.54. The van der Waals surface area contributed by atoms with Gasteiger partial charge < -0.3 is 25.5 Å². The monoisotopic (exact) mass is 635 g/mol. The first-order valence-electron chi connectivity index (χ1n) is 15.2. The quantitative estimate of drug-likeness (QED) is 0.127. The summed E-state index contributed by atoms with van der Waals surface area (Å²) in [7, 11) is 3.39. The van der Waals surface area contributed by atoms with Crippen LogP contribution in [0.1, 0.15) is 62.3 Å². The fraction of sp³-hybridized carbons (Fsp3) is 0.484. The maximum atomic E-state index is 12.7. The number of fused-ring (bicyclic) bond motifs is 1. The van der Waals surface area contributed by atoms with E-state index in [4.69, 9.17) is 15.2 Å². The zero-order chi connectivity index (χ0) is 33.1. The van der Waals surface area contributed by atoms with Crippen LogP contribution in [-0.2, 0) is 45.6 Å². The molecular weight excluding hydrogens is 594 g/mol. The second-order valence-corrected chi connectivity index (χ2v) is 11.1. The van der Waals surface area contributed by atoms with Gasteiger partial charge in [0.1, 0.15) is 17.9 Å². The molecule has 3 heterocycles. The van der Waals surface area contributed by atoms with Crippen LogP contribution in [0.25, 0.3) is 11.2 Å². The van der Waals surface area contributed by atoms with Gasteiger partial charge in [-0.25, -0.2) is 4.79 Å². The molecule has 0 aliphatic rings. The number of carbonyl (C=O) groups excluding carboxylic acids is 3. The number of unbranched alkanes of at least 4 members (excludes halogenated alkanes) is 1. The third-order valence-electron chi connectivity index (χ3n) is 7.65. The number of rotatable bonds is 19. The van der Waals surface area contributed by atoms with Gasteiger partial charge in [-0.3, -0.25) is 23.6 Å². The fourth-order valence-electron chi connectivity index (χ4n) is 4.95. The van der Waals surface area contributed by atoms with Crippen LogP contribution in [0.2, 0.25) is 0 Å². The van der Waals surface area contributed by atoms with Crippen LogP contribution >= 0.6 is 0 Å². The first-order chi connectivity index (χ1) is 22.1. The zero-order valence-electron chi connectivity index (χ0n) is 26.5. The van der Waals surface area contributed by atoms with Crippen molar-refractivity contribution in [2.24, 2.45) is 7.05 Å². The molecule has 246 valence electrons. The van der Waals surface area contributed by atoms with E-state index in [0.29, 0.717) is 30.6 Å². The molecule has 0 saturated carbocycles. The van der Waals surface area contributed by atoms with E-state index in [1.54, 1.807) is 18.0 Å². The molecule has 0 fully saturated rings. The van der Waals surface area contributed by atoms with Crippen LogP contribution in [0.5, 0.6) is 6.01 Å². The Kier molecular flexibility index (Phi) is 12.1. The molecule has 0 aliphatic heterocycles. The molecule has 0 radical (unpaired) electrons. The van der Waals surface area contributed by atoms with Crippen molar-refractivity contribution in [1.82, 2.24) is 39.8 Å². The molecule has 0 saturated heterocycles. The first kappa shape index (κ1) is 34.0. The number of anilines is 1. The van der Waals surface area contributed by atoms with Crippen LogP contribution in [-0.4, -0.2) is 78.4 Å². The Morgan fingerprint density at radius 2 is 1.78 bits per heavy atom. The molecule has 4 aromatic rings. The minimum atomic E-state index is -0.563. The normalized spacial score (nSPS) is 11.9. The van der Waals surface area contributed by atoms with E-state index in [1.165, 1.54) is 11.5 Å². The number of hydrogen-bond donors (Lipinski definition) is 3. The molecule has 0 bridgehead atoms. The number of H-pyrrole nitrogens is 1. The first-order valence-corrected chi connectivity index (χ1v) is 15.2. The summed E-state index contributed by atoms with van der Waals surface area (Å²) in [4.78, 5) is 60.9. The van der Waals surface area contributed by atoms with Gasteiger partial charge >= 0.3 is 11.7 Å². The average molecular weight is 636 g/mol. The van der Waals surface area contributed by atoms with Crippen LogP contribution in [0.3, 0.4) is 0 Å². The SMILES string of the molecule is COCCOc1nc(N)c2[nH]c(=O)n(Cc3ccc(CCC(=O)CCC(=O)NC(CCCCc4cnnn4C)C(C)=O)cc3)c2n1. The summed E-state index contributed by atoms with van der Waals surface area (Å²) >= 11 is 0. The number of nitrogens with zero attached hydrogens (tertiary/aromatic N) is 6. The number of ketones is 2. The number of nitrogens with two attached hydrogens (primary N) is 1.